The Kier molecular flexibility index (Phi) is 3.98. The van der Waals surface area contributed by atoms with Gasteiger partial charge >= 0.3 is 0 Å². The summed E-state index contributed by atoms with van der Waals surface area (Å²) in [6.45, 7) is 3.78. The van der Waals surface area contributed by atoms with Gasteiger partial charge in [-0.3, -0.25) is 9.48 Å². The lowest BCUT2D eigenvalue weighted by molar-refractivity contribution is 0.0941. The zero-order chi connectivity index (χ0) is 18.4. The standard InChI is InChI=1S/C20H21FN4O/c1-11(13-6-8-15(21)9-7-13)22-20(26)16-10-17(14-4-5-14)23-19-18(16)12(2)24-25(19)3/h6-11,14H,4-5H2,1-3H3,(H,22,26). The molecular weight excluding hydrogens is 331 g/mol. The van der Waals surface area contributed by atoms with E-state index in [1.165, 1.54) is 12.1 Å². The molecule has 1 unspecified atom stereocenters. The number of hydrogen-bond acceptors (Lipinski definition) is 3. The first-order valence-corrected chi connectivity index (χ1v) is 8.84. The highest BCUT2D eigenvalue weighted by atomic mass is 19.1. The van der Waals surface area contributed by atoms with E-state index in [-0.39, 0.29) is 17.8 Å². The third-order valence-corrected chi connectivity index (χ3v) is 4.95. The molecule has 0 bridgehead atoms. The van der Waals surface area contributed by atoms with Crippen molar-refractivity contribution in [2.75, 3.05) is 0 Å². The minimum atomic E-state index is -0.289. The van der Waals surface area contributed by atoms with Crippen LogP contribution in [0.4, 0.5) is 4.39 Å². The molecule has 0 spiro atoms. The van der Waals surface area contributed by atoms with Gasteiger partial charge in [-0.15, -0.1) is 0 Å². The molecule has 0 saturated heterocycles. The molecule has 1 atom stereocenters. The summed E-state index contributed by atoms with van der Waals surface area (Å²) in [6.07, 6.45) is 2.23. The number of aryl methyl sites for hydroxylation is 2. The number of halogens is 1. The fourth-order valence-corrected chi connectivity index (χ4v) is 3.34. The molecule has 6 heteroatoms. The molecule has 1 amide bonds. The topological polar surface area (TPSA) is 59.8 Å². The van der Waals surface area contributed by atoms with Crippen molar-refractivity contribution in [3.05, 3.63) is 58.7 Å². The summed E-state index contributed by atoms with van der Waals surface area (Å²) in [4.78, 5) is 17.7. The Morgan fingerprint density at radius 2 is 2.00 bits per heavy atom. The second kappa shape index (κ2) is 6.20. The molecule has 1 aromatic carbocycles. The van der Waals surface area contributed by atoms with E-state index >= 15 is 0 Å². The van der Waals surface area contributed by atoms with Crippen molar-refractivity contribution in [2.24, 2.45) is 7.05 Å². The van der Waals surface area contributed by atoms with Crippen molar-refractivity contribution < 1.29 is 9.18 Å². The average molecular weight is 352 g/mol. The predicted molar refractivity (Wildman–Crippen MR) is 97.5 cm³/mol. The Hall–Kier alpha value is -2.76. The number of rotatable bonds is 4. The lowest BCUT2D eigenvalue weighted by Crippen LogP contribution is -2.27. The van der Waals surface area contributed by atoms with E-state index < -0.39 is 0 Å². The van der Waals surface area contributed by atoms with Gasteiger partial charge in [-0.1, -0.05) is 12.1 Å². The Labute approximate surface area is 151 Å². The van der Waals surface area contributed by atoms with Crippen molar-refractivity contribution in [3.63, 3.8) is 0 Å². The minimum Gasteiger partial charge on any atom is -0.345 e. The van der Waals surface area contributed by atoms with Crippen LogP contribution < -0.4 is 5.32 Å². The lowest BCUT2D eigenvalue weighted by Gasteiger charge is -2.15. The van der Waals surface area contributed by atoms with Crippen molar-refractivity contribution in [2.45, 2.75) is 38.6 Å². The highest BCUT2D eigenvalue weighted by Crippen LogP contribution is 2.40. The predicted octanol–water partition coefficient (Wildman–Crippen LogP) is 3.78. The van der Waals surface area contributed by atoms with Crippen LogP contribution in [0.1, 0.15) is 59.0 Å². The number of fused-ring (bicyclic) bond motifs is 1. The summed E-state index contributed by atoms with van der Waals surface area (Å²) in [6, 6.07) is 7.85. The number of hydrogen-bond donors (Lipinski definition) is 1. The van der Waals surface area contributed by atoms with Gasteiger partial charge < -0.3 is 5.32 Å². The van der Waals surface area contributed by atoms with Crippen LogP contribution in [0.5, 0.6) is 0 Å². The molecule has 4 rings (SSSR count). The van der Waals surface area contributed by atoms with E-state index in [0.717, 1.165) is 40.8 Å². The summed E-state index contributed by atoms with van der Waals surface area (Å²) in [5, 5.41) is 8.25. The number of carbonyl (C=O) groups is 1. The third-order valence-electron chi connectivity index (χ3n) is 4.95. The van der Waals surface area contributed by atoms with Crippen LogP contribution in [0.3, 0.4) is 0 Å². The van der Waals surface area contributed by atoms with Crippen LogP contribution in [0, 0.1) is 12.7 Å². The van der Waals surface area contributed by atoms with Gasteiger partial charge in [0.05, 0.1) is 22.7 Å². The molecule has 2 heterocycles. The van der Waals surface area contributed by atoms with Crippen LogP contribution in [0.2, 0.25) is 0 Å². The number of amides is 1. The molecule has 134 valence electrons. The molecule has 1 saturated carbocycles. The van der Waals surface area contributed by atoms with Gasteiger partial charge in [0, 0.05) is 18.7 Å². The molecule has 5 nitrogen and oxygen atoms in total. The first-order valence-electron chi connectivity index (χ1n) is 8.84. The van der Waals surface area contributed by atoms with Gasteiger partial charge in [0.1, 0.15) is 5.82 Å². The minimum absolute atomic E-state index is 0.160. The van der Waals surface area contributed by atoms with Crippen molar-refractivity contribution in [1.29, 1.82) is 0 Å². The van der Waals surface area contributed by atoms with Crippen LogP contribution in [-0.4, -0.2) is 20.7 Å². The Morgan fingerprint density at radius 1 is 1.31 bits per heavy atom. The van der Waals surface area contributed by atoms with Gasteiger partial charge in [0.25, 0.3) is 5.91 Å². The maximum Gasteiger partial charge on any atom is 0.252 e. The van der Waals surface area contributed by atoms with Gasteiger partial charge in [0.2, 0.25) is 0 Å². The number of aromatic nitrogens is 3. The van der Waals surface area contributed by atoms with E-state index in [2.05, 4.69) is 10.4 Å². The number of pyridine rings is 1. The molecule has 1 N–H and O–H groups in total. The summed E-state index contributed by atoms with van der Waals surface area (Å²) in [7, 11) is 1.85. The van der Waals surface area contributed by atoms with Gasteiger partial charge in [-0.25, -0.2) is 9.37 Å². The number of nitrogens with zero attached hydrogens (tertiary/aromatic N) is 3. The SMILES string of the molecule is Cc1nn(C)c2nc(C3CC3)cc(C(=O)NC(C)c3ccc(F)cc3)c12. The maximum atomic E-state index is 13.1. The molecule has 1 aliphatic carbocycles. The molecule has 26 heavy (non-hydrogen) atoms. The normalized spacial score (nSPS) is 15.2. The Balaban J connectivity index is 1.70. The van der Waals surface area contributed by atoms with Crippen LogP contribution in [0.25, 0.3) is 11.0 Å². The van der Waals surface area contributed by atoms with E-state index in [1.807, 2.05) is 27.0 Å². The lowest BCUT2D eigenvalue weighted by atomic mass is 10.0. The molecular formula is C20H21FN4O. The second-order valence-corrected chi connectivity index (χ2v) is 7.02. The van der Waals surface area contributed by atoms with Gasteiger partial charge in [-0.2, -0.15) is 5.10 Å². The first-order chi connectivity index (χ1) is 12.4. The number of benzene rings is 1. The maximum absolute atomic E-state index is 13.1. The quantitative estimate of drug-likeness (QED) is 0.777. The van der Waals surface area contributed by atoms with Crippen LogP contribution >= 0.6 is 0 Å². The highest BCUT2D eigenvalue weighted by Gasteiger charge is 2.28. The highest BCUT2D eigenvalue weighted by molar-refractivity contribution is 6.06. The summed E-state index contributed by atoms with van der Waals surface area (Å²) < 4.78 is 14.9. The summed E-state index contributed by atoms with van der Waals surface area (Å²) >= 11 is 0. The molecule has 1 aliphatic rings. The summed E-state index contributed by atoms with van der Waals surface area (Å²) in [5.74, 6) is -0.00826. The van der Waals surface area contributed by atoms with E-state index in [1.54, 1.807) is 16.8 Å². The van der Waals surface area contributed by atoms with Crippen molar-refractivity contribution in [1.82, 2.24) is 20.1 Å². The largest absolute Gasteiger partial charge is 0.345 e. The fraction of sp³-hybridized carbons (Fsp3) is 0.350. The van der Waals surface area contributed by atoms with Crippen LogP contribution in [-0.2, 0) is 7.05 Å². The molecule has 3 aromatic rings. The van der Waals surface area contributed by atoms with E-state index in [9.17, 15) is 9.18 Å². The summed E-state index contributed by atoms with van der Waals surface area (Å²) in [5.41, 5.74) is 3.95. The zero-order valence-corrected chi connectivity index (χ0v) is 15.1. The number of carbonyl (C=O) groups excluding carboxylic acids is 1. The smallest absolute Gasteiger partial charge is 0.252 e. The van der Waals surface area contributed by atoms with Gasteiger partial charge in [-0.05, 0) is 50.5 Å². The molecule has 1 fully saturated rings. The third kappa shape index (κ3) is 2.96. The number of nitrogens with one attached hydrogen (secondary N) is 1. The Bertz CT molecular complexity index is 989. The van der Waals surface area contributed by atoms with Gasteiger partial charge in [0.15, 0.2) is 5.65 Å². The molecule has 0 radical (unpaired) electrons. The molecule has 0 aliphatic heterocycles. The second-order valence-electron chi connectivity index (χ2n) is 7.02. The molecule has 2 aromatic heterocycles. The first kappa shape index (κ1) is 16.7. The van der Waals surface area contributed by atoms with Crippen LogP contribution in [0.15, 0.2) is 30.3 Å². The Morgan fingerprint density at radius 3 is 2.65 bits per heavy atom. The van der Waals surface area contributed by atoms with Crippen molar-refractivity contribution in [3.8, 4) is 0 Å². The van der Waals surface area contributed by atoms with E-state index in [0.29, 0.717) is 11.5 Å². The average Bonchev–Trinajstić information content (AvgIpc) is 3.42. The van der Waals surface area contributed by atoms with Crippen molar-refractivity contribution >= 4 is 16.9 Å². The van der Waals surface area contributed by atoms with E-state index in [4.69, 9.17) is 4.98 Å². The zero-order valence-electron chi connectivity index (χ0n) is 15.1. The monoisotopic (exact) mass is 352 g/mol. The fourth-order valence-electron chi connectivity index (χ4n) is 3.34.